The lowest BCUT2D eigenvalue weighted by molar-refractivity contribution is 0.620. The molecule has 0 spiro atoms. The standard InChI is InChI=1S/C54H33N3O2/c1-2-8-37-31-38(14-13-34(37)7-1)39-21-27-45-40(32-39)15-16-41-33-44(26-28-46(41)45)57(43-24-19-36(20-25-43)54-56-48-10-4-6-12-50(48)59-54)42-22-17-35(18-23-42)53-52-47-9-3-5-11-49(47)58-51(52)29-30-55-53/h1-33H. The van der Waals surface area contributed by atoms with Gasteiger partial charge in [0.1, 0.15) is 16.7 Å². The fourth-order valence-corrected chi connectivity index (χ4v) is 8.60. The van der Waals surface area contributed by atoms with E-state index >= 15 is 0 Å². The lowest BCUT2D eigenvalue weighted by Crippen LogP contribution is -2.10. The molecule has 5 heteroatoms. The van der Waals surface area contributed by atoms with Crippen molar-refractivity contribution in [2.75, 3.05) is 4.90 Å². The van der Waals surface area contributed by atoms with E-state index < -0.39 is 0 Å². The maximum atomic E-state index is 6.19. The Bertz CT molecular complexity index is 3530. The van der Waals surface area contributed by atoms with E-state index in [0.717, 1.165) is 66.9 Å². The molecule has 12 aromatic rings. The van der Waals surface area contributed by atoms with Gasteiger partial charge in [-0.15, -0.1) is 0 Å². The molecule has 0 fully saturated rings. The topological polar surface area (TPSA) is 55.3 Å². The number of benzene rings is 9. The van der Waals surface area contributed by atoms with Gasteiger partial charge in [-0.25, -0.2) is 4.98 Å². The Hall–Kier alpha value is -8.02. The number of fused-ring (bicyclic) bond motifs is 8. The Morgan fingerprint density at radius 2 is 0.966 bits per heavy atom. The van der Waals surface area contributed by atoms with Crippen molar-refractivity contribution < 1.29 is 8.83 Å². The van der Waals surface area contributed by atoms with Crippen molar-refractivity contribution in [1.82, 2.24) is 9.97 Å². The van der Waals surface area contributed by atoms with Crippen molar-refractivity contribution in [3.05, 3.63) is 200 Å². The minimum absolute atomic E-state index is 0.600. The normalized spacial score (nSPS) is 11.7. The smallest absolute Gasteiger partial charge is 0.227 e. The van der Waals surface area contributed by atoms with E-state index in [0.29, 0.717) is 5.89 Å². The molecule has 0 bridgehead atoms. The van der Waals surface area contributed by atoms with Gasteiger partial charge in [-0.3, -0.25) is 4.98 Å². The summed E-state index contributed by atoms with van der Waals surface area (Å²) in [5, 5.41) is 9.40. The first kappa shape index (κ1) is 33.2. The molecule has 0 saturated heterocycles. The van der Waals surface area contributed by atoms with Gasteiger partial charge in [0.25, 0.3) is 0 Å². The number of rotatable bonds is 6. The minimum atomic E-state index is 0.600. The van der Waals surface area contributed by atoms with E-state index in [2.05, 4.69) is 150 Å². The molecular formula is C54H33N3O2. The largest absolute Gasteiger partial charge is 0.456 e. The first-order chi connectivity index (χ1) is 29.2. The van der Waals surface area contributed by atoms with E-state index in [1.165, 1.54) is 43.4 Å². The van der Waals surface area contributed by atoms with Gasteiger partial charge in [0, 0.05) is 39.8 Å². The molecule has 0 aliphatic carbocycles. The molecule has 0 amide bonds. The maximum absolute atomic E-state index is 6.19. The summed E-state index contributed by atoms with van der Waals surface area (Å²) in [4.78, 5) is 11.9. The van der Waals surface area contributed by atoms with Crippen LogP contribution in [0.2, 0.25) is 0 Å². The lowest BCUT2D eigenvalue weighted by atomic mass is 9.96. The molecule has 3 heterocycles. The van der Waals surface area contributed by atoms with Gasteiger partial charge < -0.3 is 13.7 Å². The van der Waals surface area contributed by atoms with Crippen LogP contribution in [0.15, 0.2) is 209 Å². The van der Waals surface area contributed by atoms with Crippen LogP contribution in [0.4, 0.5) is 17.1 Å². The molecule has 0 radical (unpaired) electrons. The number of nitrogens with zero attached hydrogens (tertiary/aromatic N) is 3. The molecule has 5 nitrogen and oxygen atoms in total. The number of pyridine rings is 1. The minimum Gasteiger partial charge on any atom is -0.456 e. The zero-order valence-corrected chi connectivity index (χ0v) is 31.7. The molecule has 0 N–H and O–H groups in total. The predicted molar refractivity (Wildman–Crippen MR) is 243 cm³/mol. The zero-order chi connectivity index (χ0) is 38.9. The van der Waals surface area contributed by atoms with Crippen LogP contribution in [0.1, 0.15) is 0 Å². The van der Waals surface area contributed by atoms with Crippen molar-refractivity contribution >= 4 is 82.4 Å². The fourth-order valence-electron chi connectivity index (χ4n) is 8.60. The quantitative estimate of drug-likeness (QED) is 0.158. The summed E-state index contributed by atoms with van der Waals surface area (Å²) in [5.41, 5.74) is 11.6. The Morgan fingerprint density at radius 1 is 0.373 bits per heavy atom. The van der Waals surface area contributed by atoms with E-state index in [9.17, 15) is 0 Å². The third-order valence-corrected chi connectivity index (χ3v) is 11.5. The van der Waals surface area contributed by atoms with E-state index in [1.54, 1.807) is 0 Å². The summed E-state index contributed by atoms with van der Waals surface area (Å²) >= 11 is 0. The summed E-state index contributed by atoms with van der Waals surface area (Å²) in [6.45, 7) is 0. The molecule has 0 atom stereocenters. The highest BCUT2D eigenvalue weighted by molar-refractivity contribution is 6.12. The van der Waals surface area contributed by atoms with Gasteiger partial charge in [-0.2, -0.15) is 0 Å². The van der Waals surface area contributed by atoms with Gasteiger partial charge in [-0.1, -0.05) is 109 Å². The third kappa shape index (κ3) is 5.63. The second-order valence-electron chi connectivity index (χ2n) is 15.0. The highest BCUT2D eigenvalue weighted by atomic mass is 16.3. The highest BCUT2D eigenvalue weighted by Gasteiger charge is 2.18. The van der Waals surface area contributed by atoms with E-state index in [-0.39, 0.29) is 0 Å². The second-order valence-corrected chi connectivity index (χ2v) is 15.0. The first-order valence-corrected chi connectivity index (χ1v) is 19.8. The number of furan rings is 1. The summed E-state index contributed by atoms with van der Waals surface area (Å²) < 4.78 is 12.3. The molecule has 0 aliphatic heterocycles. The second kappa shape index (κ2) is 13.3. The number of oxazole rings is 1. The van der Waals surface area contributed by atoms with Gasteiger partial charge in [0.05, 0.1) is 11.1 Å². The van der Waals surface area contributed by atoms with Crippen LogP contribution in [0.25, 0.3) is 99.2 Å². The van der Waals surface area contributed by atoms with Crippen LogP contribution in [-0.2, 0) is 0 Å². The van der Waals surface area contributed by atoms with Gasteiger partial charge in [0.2, 0.25) is 5.89 Å². The van der Waals surface area contributed by atoms with Crippen LogP contribution in [0.3, 0.4) is 0 Å². The predicted octanol–water partition coefficient (Wildman–Crippen LogP) is 15.1. The van der Waals surface area contributed by atoms with Crippen LogP contribution < -0.4 is 4.90 Å². The molecule has 9 aromatic carbocycles. The average Bonchev–Trinajstić information content (AvgIpc) is 3.91. The van der Waals surface area contributed by atoms with Crippen molar-refractivity contribution in [3.8, 4) is 33.8 Å². The highest BCUT2D eigenvalue weighted by Crippen LogP contribution is 2.41. The van der Waals surface area contributed by atoms with Crippen LogP contribution >= 0.6 is 0 Å². The molecule has 3 aromatic heterocycles. The maximum Gasteiger partial charge on any atom is 0.227 e. The van der Waals surface area contributed by atoms with E-state index in [4.69, 9.17) is 18.8 Å². The Morgan fingerprint density at radius 3 is 1.76 bits per heavy atom. The molecular weight excluding hydrogens is 723 g/mol. The van der Waals surface area contributed by atoms with Gasteiger partial charge in [0.15, 0.2) is 5.58 Å². The lowest BCUT2D eigenvalue weighted by Gasteiger charge is -2.26. The number of aromatic nitrogens is 2. The van der Waals surface area contributed by atoms with Crippen molar-refractivity contribution in [1.29, 1.82) is 0 Å². The van der Waals surface area contributed by atoms with Crippen LogP contribution in [0, 0.1) is 0 Å². The van der Waals surface area contributed by atoms with Crippen LogP contribution in [-0.4, -0.2) is 9.97 Å². The van der Waals surface area contributed by atoms with Gasteiger partial charge in [-0.05, 0) is 128 Å². The Kier molecular flexibility index (Phi) is 7.47. The number of hydrogen-bond acceptors (Lipinski definition) is 5. The number of hydrogen-bond donors (Lipinski definition) is 0. The summed E-state index contributed by atoms with van der Waals surface area (Å²) in [6.07, 6.45) is 1.82. The SMILES string of the molecule is c1ccc2cc(-c3ccc4c(ccc5cc(N(c6ccc(-c7nc8ccccc8o7)cc6)c6ccc(-c7nccc8oc9ccccc9c78)cc6)ccc54)c3)ccc2c1. The van der Waals surface area contributed by atoms with Crippen molar-refractivity contribution in [2.45, 2.75) is 0 Å². The Labute approximate surface area is 339 Å². The fraction of sp³-hybridized carbons (Fsp3) is 0. The zero-order valence-electron chi connectivity index (χ0n) is 31.7. The summed E-state index contributed by atoms with van der Waals surface area (Å²) in [5.74, 6) is 0.600. The molecule has 12 rings (SSSR count). The average molecular weight is 756 g/mol. The van der Waals surface area contributed by atoms with Crippen molar-refractivity contribution in [3.63, 3.8) is 0 Å². The van der Waals surface area contributed by atoms with Crippen LogP contribution in [0.5, 0.6) is 0 Å². The summed E-state index contributed by atoms with van der Waals surface area (Å²) in [7, 11) is 0. The van der Waals surface area contributed by atoms with Gasteiger partial charge >= 0.3 is 0 Å². The number of anilines is 3. The molecule has 0 aliphatic rings. The Balaban J connectivity index is 0.950. The molecule has 0 saturated carbocycles. The monoisotopic (exact) mass is 755 g/mol. The van der Waals surface area contributed by atoms with Crippen molar-refractivity contribution in [2.24, 2.45) is 0 Å². The molecule has 276 valence electrons. The summed E-state index contributed by atoms with van der Waals surface area (Å²) in [6, 6.07) is 68.3. The molecule has 59 heavy (non-hydrogen) atoms. The molecule has 0 unspecified atom stereocenters. The van der Waals surface area contributed by atoms with E-state index in [1.807, 2.05) is 54.7 Å². The first-order valence-electron chi connectivity index (χ1n) is 19.8. The number of para-hydroxylation sites is 3. The third-order valence-electron chi connectivity index (χ3n) is 11.5.